The third-order valence-electron chi connectivity index (χ3n) is 4.31. The molecule has 26 heavy (non-hydrogen) atoms. The van der Waals surface area contributed by atoms with Crippen LogP contribution in [0.15, 0.2) is 36.4 Å². The Morgan fingerprint density at radius 2 is 1.92 bits per heavy atom. The van der Waals surface area contributed by atoms with Crippen LogP contribution in [0.5, 0.6) is 11.5 Å². The summed E-state index contributed by atoms with van der Waals surface area (Å²) in [6, 6.07) is 10.9. The summed E-state index contributed by atoms with van der Waals surface area (Å²) >= 11 is 0. The van der Waals surface area contributed by atoms with Crippen LogP contribution < -0.4 is 14.8 Å². The molecule has 0 spiro atoms. The Balaban J connectivity index is 1.56. The van der Waals surface area contributed by atoms with Gasteiger partial charge in [-0.2, -0.15) is 0 Å². The molecule has 0 bridgehead atoms. The highest BCUT2D eigenvalue weighted by molar-refractivity contribution is 6.05. The number of amides is 1. The van der Waals surface area contributed by atoms with Crippen molar-refractivity contribution in [1.29, 1.82) is 0 Å². The van der Waals surface area contributed by atoms with Crippen LogP contribution in [0.3, 0.4) is 0 Å². The van der Waals surface area contributed by atoms with Gasteiger partial charge in [-0.1, -0.05) is 13.8 Å². The lowest BCUT2D eigenvalue weighted by Crippen LogP contribution is -2.12. The van der Waals surface area contributed by atoms with E-state index in [1.165, 1.54) is 0 Å². The number of aromatic nitrogens is 2. The molecule has 0 fully saturated rings. The van der Waals surface area contributed by atoms with E-state index >= 15 is 0 Å². The molecule has 0 unspecified atom stereocenters. The first-order valence-electron chi connectivity index (χ1n) is 8.81. The summed E-state index contributed by atoms with van der Waals surface area (Å²) in [4.78, 5) is 20.4. The number of nitrogens with zero attached hydrogens (tertiary/aromatic N) is 1. The molecule has 134 valence electrons. The Morgan fingerprint density at radius 3 is 2.73 bits per heavy atom. The number of ether oxygens (including phenoxy) is 2. The third-order valence-corrected chi connectivity index (χ3v) is 4.31. The quantitative estimate of drug-likeness (QED) is 0.745. The number of carbonyl (C=O) groups is 1. The standard InChI is InChI=1S/C20H21N3O3/c1-12(2)19-22-15-6-5-14(11-16(15)23-19)21-20(24)13-4-7-17-18(10-13)26-9-3-8-25-17/h4-7,10-12H,3,8-9H2,1-2H3,(H,21,24)(H,22,23). The van der Waals surface area contributed by atoms with E-state index < -0.39 is 0 Å². The molecule has 4 rings (SSSR count). The van der Waals surface area contributed by atoms with Crippen LogP contribution in [0.25, 0.3) is 11.0 Å². The van der Waals surface area contributed by atoms with Crippen LogP contribution in [0, 0.1) is 0 Å². The van der Waals surface area contributed by atoms with Crippen molar-refractivity contribution >= 4 is 22.6 Å². The molecule has 1 amide bonds. The molecule has 2 heterocycles. The van der Waals surface area contributed by atoms with Gasteiger partial charge in [0.15, 0.2) is 11.5 Å². The smallest absolute Gasteiger partial charge is 0.255 e. The molecule has 1 aromatic heterocycles. The number of aromatic amines is 1. The fraction of sp³-hybridized carbons (Fsp3) is 0.300. The zero-order valence-electron chi connectivity index (χ0n) is 14.8. The number of benzene rings is 2. The van der Waals surface area contributed by atoms with Gasteiger partial charge in [0.2, 0.25) is 0 Å². The number of rotatable bonds is 3. The van der Waals surface area contributed by atoms with Gasteiger partial charge in [0.05, 0.1) is 24.2 Å². The van der Waals surface area contributed by atoms with Gasteiger partial charge in [-0.15, -0.1) is 0 Å². The van der Waals surface area contributed by atoms with E-state index in [1.54, 1.807) is 18.2 Å². The van der Waals surface area contributed by atoms with Gasteiger partial charge < -0.3 is 19.8 Å². The summed E-state index contributed by atoms with van der Waals surface area (Å²) in [6.07, 6.45) is 0.832. The van der Waals surface area contributed by atoms with E-state index in [9.17, 15) is 4.79 Å². The van der Waals surface area contributed by atoms with Crippen LogP contribution in [-0.4, -0.2) is 29.1 Å². The van der Waals surface area contributed by atoms with Crippen molar-refractivity contribution in [2.45, 2.75) is 26.2 Å². The summed E-state index contributed by atoms with van der Waals surface area (Å²) in [5.41, 5.74) is 3.04. The minimum absolute atomic E-state index is 0.191. The van der Waals surface area contributed by atoms with Crippen molar-refractivity contribution in [2.24, 2.45) is 0 Å². The fourth-order valence-electron chi connectivity index (χ4n) is 2.89. The first-order valence-corrected chi connectivity index (χ1v) is 8.81. The van der Waals surface area contributed by atoms with Gasteiger partial charge in [0.25, 0.3) is 5.91 Å². The zero-order chi connectivity index (χ0) is 18.1. The maximum absolute atomic E-state index is 12.6. The first-order chi connectivity index (χ1) is 12.6. The number of carbonyl (C=O) groups excluding carboxylic acids is 1. The lowest BCUT2D eigenvalue weighted by atomic mass is 10.1. The van der Waals surface area contributed by atoms with Gasteiger partial charge in [0, 0.05) is 23.6 Å². The maximum atomic E-state index is 12.6. The molecule has 1 aliphatic rings. The predicted molar refractivity (Wildman–Crippen MR) is 100 cm³/mol. The van der Waals surface area contributed by atoms with Crippen molar-refractivity contribution in [2.75, 3.05) is 18.5 Å². The van der Waals surface area contributed by atoms with Gasteiger partial charge in [-0.05, 0) is 36.4 Å². The lowest BCUT2D eigenvalue weighted by Gasteiger charge is -2.10. The van der Waals surface area contributed by atoms with Gasteiger partial charge in [-0.25, -0.2) is 4.98 Å². The van der Waals surface area contributed by atoms with Crippen LogP contribution in [0.1, 0.15) is 42.4 Å². The van der Waals surface area contributed by atoms with Crippen molar-refractivity contribution < 1.29 is 14.3 Å². The van der Waals surface area contributed by atoms with Crippen molar-refractivity contribution in [3.63, 3.8) is 0 Å². The number of hydrogen-bond donors (Lipinski definition) is 2. The van der Waals surface area contributed by atoms with E-state index in [4.69, 9.17) is 9.47 Å². The Bertz CT molecular complexity index is 962. The number of H-pyrrole nitrogens is 1. The minimum atomic E-state index is -0.191. The molecule has 0 saturated heterocycles. The summed E-state index contributed by atoms with van der Waals surface area (Å²) in [5, 5.41) is 2.93. The second-order valence-electron chi connectivity index (χ2n) is 6.67. The Morgan fingerprint density at radius 1 is 1.12 bits per heavy atom. The predicted octanol–water partition coefficient (Wildman–Crippen LogP) is 4.10. The summed E-state index contributed by atoms with van der Waals surface area (Å²) in [6.45, 7) is 5.39. The molecule has 2 aromatic carbocycles. The lowest BCUT2D eigenvalue weighted by molar-refractivity contribution is 0.102. The van der Waals surface area contributed by atoms with Gasteiger partial charge in [-0.3, -0.25) is 4.79 Å². The average molecular weight is 351 g/mol. The van der Waals surface area contributed by atoms with E-state index in [0.717, 1.165) is 23.3 Å². The van der Waals surface area contributed by atoms with E-state index in [0.29, 0.717) is 41.9 Å². The van der Waals surface area contributed by atoms with Crippen LogP contribution in [0.2, 0.25) is 0 Å². The molecule has 0 radical (unpaired) electrons. The third kappa shape index (κ3) is 3.22. The van der Waals surface area contributed by atoms with E-state index in [1.807, 2.05) is 18.2 Å². The fourth-order valence-corrected chi connectivity index (χ4v) is 2.89. The number of imidazole rings is 1. The average Bonchev–Trinajstić information content (AvgIpc) is 2.91. The number of anilines is 1. The van der Waals surface area contributed by atoms with Crippen LogP contribution >= 0.6 is 0 Å². The SMILES string of the molecule is CC(C)c1nc2ccc(NC(=O)c3ccc4c(c3)OCCCO4)cc2[nH]1. The monoisotopic (exact) mass is 351 g/mol. The van der Waals surface area contributed by atoms with E-state index in [-0.39, 0.29) is 5.91 Å². The van der Waals surface area contributed by atoms with Crippen molar-refractivity contribution in [3.05, 3.63) is 47.8 Å². The summed E-state index contributed by atoms with van der Waals surface area (Å²) < 4.78 is 11.3. The molecule has 6 nitrogen and oxygen atoms in total. The van der Waals surface area contributed by atoms with Crippen molar-refractivity contribution in [1.82, 2.24) is 9.97 Å². The second-order valence-corrected chi connectivity index (χ2v) is 6.67. The maximum Gasteiger partial charge on any atom is 0.255 e. The summed E-state index contributed by atoms with van der Waals surface area (Å²) in [7, 11) is 0. The van der Waals surface area contributed by atoms with Crippen molar-refractivity contribution in [3.8, 4) is 11.5 Å². The Labute approximate surface area is 151 Å². The van der Waals surface area contributed by atoms with E-state index in [2.05, 4.69) is 29.1 Å². The Kier molecular flexibility index (Phi) is 4.24. The number of hydrogen-bond acceptors (Lipinski definition) is 4. The molecule has 3 aromatic rings. The first kappa shape index (κ1) is 16.4. The molecular weight excluding hydrogens is 330 g/mol. The highest BCUT2D eigenvalue weighted by Crippen LogP contribution is 2.30. The molecule has 1 aliphatic heterocycles. The molecular formula is C20H21N3O3. The molecule has 6 heteroatoms. The second kappa shape index (κ2) is 6.71. The number of nitrogens with one attached hydrogen (secondary N) is 2. The Hall–Kier alpha value is -3.02. The van der Waals surface area contributed by atoms with Crippen LogP contribution in [0.4, 0.5) is 5.69 Å². The molecule has 0 atom stereocenters. The number of fused-ring (bicyclic) bond motifs is 2. The largest absolute Gasteiger partial charge is 0.490 e. The van der Waals surface area contributed by atoms with Gasteiger partial charge >= 0.3 is 0 Å². The highest BCUT2D eigenvalue weighted by Gasteiger charge is 2.15. The van der Waals surface area contributed by atoms with Gasteiger partial charge in [0.1, 0.15) is 5.82 Å². The van der Waals surface area contributed by atoms with Crippen LogP contribution in [-0.2, 0) is 0 Å². The summed E-state index contributed by atoms with van der Waals surface area (Å²) in [5.74, 6) is 2.36. The highest BCUT2D eigenvalue weighted by atomic mass is 16.5. The zero-order valence-corrected chi connectivity index (χ0v) is 14.8. The molecule has 0 aliphatic carbocycles. The molecule has 2 N–H and O–H groups in total. The minimum Gasteiger partial charge on any atom is -0.490 e. The normalized spacial score (nSPS) is 13.7. The topological polar surface area (TPSA) is 76.2 Å². The molecule has 0 saturated carbocycles.